The molecule has 1 aromatic heterocycles. The first-order chi connectivity index (χ1) is 11.1. The van der Waals surface area contributed by atoms with Gasteiger partial charge in [0.1, 0.15) is 23.9 Å². The predicted molar refractivity (Wildman–Crippen MR) is 77.5 cm³/mol. The van der Waals surface area contributed by atoms with Crippen molar-refractivity contribution in [2.45, 2.75) is 32.0 Å². The number of hydrogen-bond acceptors (Lipinski definition) is 5. The second kappa shape index (κ2) is 6.64. The van der Waals surface area contributed by atoms with Crippen molar-refractivity contribution in [3.63, 3.8) is 0 Å². The van der Waals surface area contributed by atoms with Gasteiger partial charge in [0.2, 0.25) is 5.76 Å². The van der Waals surface area contributed by atoms with Gasteiger partial charge in [0, 0.05) is 6.42 Å². The number of ketones is 1. The van der Waals surface area contributed by atoms with Gasteiger partial charge in [0.25, 0.3) is 0 Å². The maximum Gasteiger partial charge on any atom is 0.374 e. The van der Waals surface area contributed by atoms with Gasteiger partial charge in [-0.25, -0.2) is 9.18 Å². The summed E-state index contributed by atoms with van der Waals surface area (Å²) in [7, 11) is 0. The fourth-order valence-corrected chi connectivity index (χ4v) is 2.35. The minimum Gasteiger partial charge on any atom is -0.486 e. The van der Waals surface area contributed by atoms with Gasteiger partial charge in [0.15, 0.2) is 11.9 Å². The van der Waals surface area contributed by atoms with Crippen molar-refractivity contribution in [3.05, 3.63) is 53.7 Å². The Morgan fingerprint density at radius 1 is 1.22 bits per heavy atom. The molecule has 0 N–H and O–H groups in total. The number of esters is 1. The van der Waals surface area contributed by atoms with Crippen LogP contribution in [0.1, 0.15) is 35.6 Å². The van der Waals surface area contributed by atoms with Gasteiger partial charge in [-0.15, -0.1) is 0 Å². The molecule has 0 bridgehead atoms. The first kappa shape index (κ1) is 15.3. The Morgan fingerprint density at radius 3 is 2.70 bits per heavy atom. The summed E-state index contributed by atoms with van der Waals surface area (Å²) in [5.74, 6) is -0.102. The summed E-state index contributed by atoms with van der Waals surface area (Å²) < 4.78 is 28.7. The molecule has 1 aliphatic rings. The standard InChI is InChI=1S/C17H15FO5/c18-11-4-6-12(7-5-11)21-10-13-8-9-16(22-13)17(20)23-15-3-1-2-14(15)19/h4-9,15H,1-3,10H2/t15-/m1/s1. The SMILES string of the molecule is O=C(O[C@@H]1CCCC1=O)c1ccc(COc2ccc(F)cc2)o1. The third-order valence-corrected chi connectivity index (χ3v) is 3.56. The van der Waals surface area contributed by atoms with Gasteiger partial charge < -0.3 is 13.9 Å². The Labute approximate surface area is 132 Å². The lowest BCUT2D eigenvalue weighted by atomic mass is 10.3. The molecule has 1 heterocycles. The van der Waals surface area contributed by atoms with Crippen molar-refractivity contribution in [3.8, 4) is 5.75 Å². The highest BCUT2D eigenvalue weighted by Gasteiger charge is 2.29. The van der Waals surface area contributed by atoms with Crippen molar-refractivity contribution in [1.29, 1.82) is 0 Å². The Kier molecular flexibility index (Phi) is 4.41. The molecule has 0 aliphatic heterocycles. The van der Waals surface area contributed by atoms with Crippen molar-refractivity contribution in [2.24, 2.45) is 0 Å². The maximum atomic E-state index is 12.8. The summed E-state index contributed by atoms with van der Waals surface area (Å²) in [6.45, 7) is 0.0985. The van der Waals surface area contributed by atoms with E-state index in [-0.39, 0.29) is 24.0 Å². The average Bonchev–Trinajstić information content (AvgIpc) is 3.17. The third kappa shape index (κ3) is 3.77. The highest BCUT2D eigenvalue weighted by molar-refractivity contribution is 5.91. The lowest BCUT2D eigenvalue weighted by Crippen LogP contribution is -2.21. The maximum absolute atomic E-state index is 12.8. The number of Topliss-reactive ketones (excluding diaryl/α,β-unsaturated/α-hetero) is 1. The van der Waals surface area contributed by atoms with Gasteiger partial charge in [-0.05, 0) is 49.2 Å². The molecule has 5 nitrogen and oxygen atoms in total. The molecule has 1 aliphatic carbocycles. The molecular weight excluding hydrogens is 303 g/mol. The molecular formula is C17H15FO5. The van der Waals surface area contributed by atoms with Gasteiger partial charge in [-0.2, -0.15) is 0 Å². The van der Waals surface area contributed by atoms with E-state index in [9.17, 15) is 14.0 Å². The number of ether oxygens (including phenoxy) is 2. The van der Waals surface area contributed by atoms with Crippen molar-refractivity contribution in [1.82, 2.24) is 0 Å². The van der Waals surface area contributed by atoms with Crippen molar-refractivity contribution in [2.75, 3.05) is 0 Å². The zero-order chi connectivity index (χ0) is 16.2. The van der Waals surface area contributed by atoms with Crippen LogP contribution in [0, 0.1) is 5.82 Å². The topological polar surface area (TPSA) is 65.7 Å². The highest BCUT2D eigenvalue weighted by Crippen LogP contribution is 2.20. The number of halogens is 1. The zero-order valence-electron chi connectivity index (χ0n) is 12.3. The number of carbonyl (C=O) groups excluding carboxylic acids is 2. The van der Waals surface area contributed by atoms with Gasteiger partial charge >= 0.3 is 5.97 Å². The molecule has 23 heavy (non-hydrogen) atoms. The third-order valence-electron chi connectivity index (χ3n) is 3.56. The summed E-state index contributed by atoms with van der Waals surface area (Å²) >= 11 is 0. The summed E-state index contributed by atoms with van der Waals surface area (Å²) in [5, 5.41) is 0. The Hall–Kier alpha value is -2.63. The lowest BCUT2D eigenvalue weighted by molar-refractivity contribution is -0.124. The molecule has 1 aromatic carbocycles. The second-order valence-corrected chi connectivity index (χ2v) is 5.26. The largest absolute Gasteiger partial charge is 0.486 e. The van der Waals surface area contributed by atoms with Gasteiger partial charge in [-0.3, -0.25) is 4.79 Å². The molecule has 0 spiro atoms. The number of rotatable bonds is 5. The number of benzene rings is 1. The smallest absolute Gasteiger partial charge is 0.374 e. The van der Waals surface area contributed by atoms with Crippen LogP contribution < -0.4 is 4.74 Å². The van der Waals surface area contributed by atoms with Crippen molar-refractivity contribution < 1.29 is 27.9 Å². The molecule has 1 fully saturated rings. The van der Waals surface area contributed by atoms with Gasteiger partial charge in [-0.1, -0.05) is 0 Å². The number of carbonyl (C=O) groups is 2. The average molecular weight is 318 g/mol. The van der Waals surface area contributed by atoms with Crippen LogP contribution in [-0.4, -0.2) is 17.9 Å². The number of hydrogen-bond donors (Lipinski definition) is 0. The zero-order valence-corrected chi connectivity index (χ0v) is 12.3. The van der Waals surface area contributed by atoms with Crippen LogP contribution in [-0.2, 0) is 16.1 Å². The van der Waals surface area contributed by atoms with Crippen LogP contribution in [0.2, 0.25) is 0 Å². The van der Waals surface area contributed by atoms with E-state index < -0.39 is 12.1 Å². The number of furan rings is 1. The highest BCUT2D eigenvalue weighted by atomic mass is 19.1. The quantitative estimate of drug-likeness (QED) is 0.792. The molecule has 1 saturated carbocycles. The van der Waals surface area contributed by atoms with E-state index in [0.717, 1.165) is 6.42 Å². The Bertz CT molecular complexity index is 704. The van der Waals surface area contributed by atoms with E-state index in [1.165, 1.54) is 30.3 Å². The molecule has 3 rings (SSSR count). The van der Waals surface area contributed by atoms with Crippen LogP contribution in [0.25, 0.3) is 0 Å². The molecule has 1 atom stereocenters. The predicted octanol–water partition coefficient (Wildman–Crippen LogP) is 3.28. The van der Waals surface area contributed by atoms with Crippen LogP contribution in [0.3, 0.4) is 0 Å². The van der Waals surface area contributed by atoms with E-state index >= 15 is 0 Å². The first-order valence-electron chi connectivity index (χ1n) is 7.32. The molecule has 0 radical (unpaired) electrons. The molecule has 120 valence electrons. The summed E-state index contributed by atoms with van der Waals surface area (Å²) in [5.41, 5.74) is 0. The summed E-state index contributed by atoms with van der Waals surface area (Å²) in [6, 6.07) is 8.65. The molecule has 0 amide bonds. The fourth-order valence-electron chi connectivity index (χ4n) is 2.35. The normalized spacial score (nSPS) is 17.3. The minimum atomic E-state index is -0.661. The van der Waals surface area contributed by atoms with Crippen LogP contribution in [0.15, 0.2) is 40.8 Å². The van der Waals surface area contributed by atoms with E-state index in [2.05, 4.69) is 0 Å². The summed E-state index contributed by atoms with van der Waals surface area (Å²) in [6.07, 6.45) is 1.09. The van der Waals surface area contributed by atoms with Crippen LogP contribution in [0.4, 0.5) is 4.39 Å². The first-order valence-corrected chi connectivity index (χ1v) is 7.32. The molecule has 0 unspecified atom stereocenters. The van der Waals surface area contributed by atoms with E-state index in [1.54, 1.807) is 6.07 Å². The second-order valence-electron chi connectivity index (χ2n) is 5.26. The molecule has 2 aromatic rings. The molecule has 6 heteroatoms. The van der Waals surface area contributed by atoms with Gasteiger partial charge in [0.05, 0.1) is 0 Å². The minimum absolute atomic E-state index is 0.0300. The molecule has 0 saturated heterocycles. The van der Waals surface area contributed by atoms with E-state index in [0.29, 0.717) is 24.4 Å². The van der Waals surface area contributed by atoms with E-state index in [4.69, 9.17) is 13.9 Å². The van der Waals surface area contributed by atoms with E-state index in [1.807, 2.05) is 0 Å². The Morgan fingerprint density at radius 2 is 2.00 bits per heavy atom. The Balaban J connectivity index is 1.55. The lowest BCUT2D eigenvalue weighted by Gasteiger charge is -2.08. The fraction of sp³-hybridized carbons (Fsp3) is 0.294. The summed E-state index contributed by atoms with van der Waals surface area (Å²) in [4.78, 5) is 23.4. The monoisotopic (exact) mass is 318 g/mol. The van der Waals surface area contributed by atoms with Crippen LogP contribution >= 0.6 is 0 Å². The van der Waals surface area contributed by atoms with Crippen molar-refractivity contribution >= 4 is 11.8 Å². The van der Waals surface area contributed by atoms with Crippen LogP contribution in [0.5, 0.6) is 5.75 Å².